The Morgan fingerprint density at radius 1 is 1.10 bits per heavy atom. The first-order valence-corrected chi connectivity index (χ1v) is 9.74. The van der Waals surface area contributed by atoms with E-state index in [1.54, 1.807) is 12.1 Å². The van der Waals surface area contributed by atoms with E-state index in [0.717, 1.165) is 5.56 Å². The van der Waals surface area contributed by atoms with Crippen molar-refractivity contribution in [2.75, 3.05) is 5.84 Å². The second kappa shape index (κ2) is 8.50. The SMILES string of the molecule is Nn1c(COc2ccc(F)cc2)nnc1SCc1nc(-c2ccc(Cl)cc2)no1. The summed E-state index contributed by atoms with van der Waals surface area (Å²) in [5.74, 6) is 7.87. The molecule has 0 aliphatic carbocycles. The van der Waals surface area contributed by atoms with Gasteiger partial charge in [0.05, 0.1) is 5.75 Å². The van der Waals surface area contributed by atoms with Crippen LogP contribution < -0.4 is 10.6 Å². The number of thioether (sulfide) groups is 1. The molecule has 8 nitrogen and oxygen atoms in total. The Kier molecular flexibility index (Phi) is 5.63. The molecule has 0 fully saturated rings. The van der Waals surface area contributed by atoms with Gasteiger partial charge in [-0.2, -0.15) is 4.98 Å². The Balaban J connectivity index is 1.35. The molecule has 2 aromatic carbocycles. The van der Waals surface area contributed by atoms with Crippen LogP contribution in [0.3, 0.4) is 0 Å². The number of nitrogens with two attached hydrogens (primary N) is 1. The first-order chi connectivity index (χ1) is 14.1. The van der Waals surface area contributed by atoms with E-state index in [-0.39, 0.29) is 12.4 Å². The number of ether oxygens (including phenoxy) is 1. The molecule has 2 aromatic heterocycles. The van der Waals surface area contributed by atoms with Crippen molar-refractivity contribution in [1.29, 1.82) is 0 Å². The predicted octanol–water partition coefficient (Wildman–Crippen LogP) is 3.71. The lowest BCUT2D eigenvalue weighted by Gasteiger charge is -2.05. The molecule has 0 aliphatic heterocycles. The lowest BCUT2D eigenvalue weighted by atomic mass is 10.2. The highest BCUT2D eigenvalue weighted by Gasteiger charge is 2.14. The minimum Gasteiger partial charge on any atom is -0.486 e. The molecule has 0 aliphatic rings. The maximum atomic E-state index is 12.9. The van der Waals surface area contributed by atoms with E-state index in [1.807, 2.05) is 12.1 Å². The van der Waals surface area contributed by atoms with Crippen LogP contribution in [0.5, 0.6) is 5.75 Å². The van der Waals surface area contributed by atoms with Crippen LogP contribution in [0.2, 0.25) is 5.02 Å². The third-order valence-electron chi connectivity index (χ3n) is 3.81. The smallest absolute Gasteiger partial charge is 0.237 e. The molecule has 0 atom stereocenters. The number of rotatable bonds is 7. The van der Waals surface area contributed by atoms with Gasteiger partial charge < -0.3 is 15.1 Å². The summed E-state index contributed by atoms with van der Waals surface area (Å²) in [5.41, 5.74) is 0.802. The molecule has 0 radical (unpaired) electrons. The van der Waals surface area contributed by atoms with Gasteiger partial charge in [0.25, 0.3) is 0 Å². The van der Waals surface area contributed by atoms with Gasteiger partial charge in [0, 0.05) is 10.6 Å². The number of hydrogen-bond donors (Lipinski definition) is 1. The average Bonchev–Trinajstić information content (AvgIpc) is 3.33. The van der Waals surface area contributed by atoms with E-state index in [2.05, 4.69) is 20.3 Å². The van der Waals surface area contributed by atoms with Crippen LogP contribution in [0.15, 0.2) is 58.2 Å². The molecule has 0 unspecified atom stereocenters. The van der Waals surface area contributed by atoms with E-state index >= 15 is 0 Å². The number of benzene rings is 2. The molecule has 29 heavy (non-hydrogen) atoms. The second-order valence-corrected chi connectivity index (χ2v) is 7.20. The first-order valence-electron chi connectivity index (χ1n) is 8.37. The number of halogens is 2. The Labute approximate surface area is 173 Å². The van der Waals surface area contributed by atoms with Crippen molar-refractivity contribution in [3.63, 3.8) is 0 Å². The zero-order valence-electron chi connectivity index (χ0n) is 14.8. The highest BCUT2D eigenvalue weighted by molar-refractivity contribution is 7.98. The highest BCUT2D eigenvalue weighted by Crippen LogP contribution is 2.23. The summed E-state index contributed by atoms with van der Waals surface area (Å²) in [7, 11) is 0. The molecule has 4 rings (SSSR count). The maximum absolute atomic E-state index is 12.9. The lowest BCUT2D eigenvalue weighted by molar-refractivity contribution is 0.291. The zero-order chi connectivity index (χ0) is 20.2. The van der Waals surface area contributed by atoms with Crippen LogP contribution in [-0.2, 0) is 12.4 Å². The van der Waals surface area contributed by atoms with Gasteiger partial charge in [0.2, 0.25) is 16.9 Å². The fraction of sp³-hybridized carbons (Fsp3) is 0.111. The van der Waals surface area contributed by atoms with Crippen LogP contribution in [0.4, 0.5) is 4.39 Å². The van der Waals surface area contributed by atoms with E-state index in [9.17, 15) is 4.39 Å². The third kappa shape index (κ3) is 4.66. The molecular weight excluding hydrogens is 419 g/mol. The summed E-state index contributed by atoms with van der Waals surface area (Å²) in [6.07, 6.45) is 0. The molecule has 0 saturated carbocycles. The number of nitrogens with zero attached hydrogens (tertiary/aromatic N) is 5. The van der Waals surface area contributed by atoms with Gasteiger partial charge in [-0.05, 0) is 48.5 Å². The molecule has 0 amide bonds. The van der Waals surface area contributed by atoms with Gasteiger partial charge in [0.15, 0.2) is 5.82 Å². The van der Waals surface area contributed by atoms with Gasteiger partial charge >= 0.3 is 0 Å². The minimum atomic E-state index is -0.335. The van der Waals surface area contributed by atoms with Gasteiger partial charge in [0.1, 0.15) is 18.2 Å². The molecule has 0 bridgehead atoms. The standard InChI is InChI=1S/C18H14ClFN6O2S/c19-12-3-1-11(2-4-12)17-22-16(28-25-17)10-29-18-24-23-15(26(18)21)9-27-14-7-5-13(20)6-8-14/h1-8H,9-10,21H2. The van der Waals surface area contributed by atoms with Crippen molar-refractivity contribution in [1.82, 2.24) is 25.0 Å². The molecule has 0 spiro atoms. The van der Waals surface area contributed by atoms with Crippen LogP contribution >= 0.6 is 23.4 Å². The monoisotopic (exact) mass is 432 g/mol. The van der Waals surface area contributed by atoms with Crippen molar-refractivity contribution in [3.05, 3.63) is 71.1 Å². The lowest BCUT2D eigenvalue weighted by Crippen LogP contribution is -2.15. The van der Waals surface area contributed by atoms with E-state index < -0.39 is 0 Å². The highest BCUT2D eigenvalue weighted by atomic mass is 35.5. The number of aromatic nitrogens is 5. The normalized spacial score (nSPS) is 11.0. The van der Waals surface area contributed by atoms with Gasteiger partial charge in [-0.25, -0.2) is 9.07 Å². The Morgan fingerprint density at radius 2 is 1.86 bits per heavy atom. The summed E-state index contributed by atoms with van der Waals surface area (Å²) in [5, 5.41) is 13.1. The Morgan fingerprint density at radius 3 is 2.62 bits per heavy atom. The Bertz CT molecular complexity index is 1100. The van der Waals surface area contributed by atoms with Gasteiger partial charge in [-0.3, -0.25) is 0 Å². The predicted molar refractivity (Wildman–Crippen MR) is 105 cm³/mol. The zero-order valence-corrected chi connectivity index (χ0v) is 16.4. The quantitative estimate of drug-likeness (QED) is 0.348. The largest absolute Gasteiger partial charge is 0.486 e. The van der Waals surface area contributed by atoms with Crippen molar-refractivity contribution < 1.29 is 13.7 Å². The topological polar surface area (TPSA) is 105 Å². The van der Waals surface area contributed by atoms with Crippen LogP contribution in [-0.4, -0.2) is 25.0 Å². The average molecular weight is 433 g/mol. The summed E-state index contributed by atoms with van der Waals surface area (Å²) in [6.45, 7) is 0.0942. The van der Waals surface area contributed by atoms with Crippen molar-refractivity contribution >= 4 is 23.4 Å². The summed E-state index contributed by atoms with van der Waals surface area (Å²) in [4.78, 5) is 4.35. The van der Waals surface area contributed by atoms with E-state index in [4.69, 9.17) is 26.7 Å². The maximum Gasteiger partial charge on any atom is 0.237 e. The molecule has 2 N–H and O–H groups in total. The number of nitrogen functional groups attached to an aromatic ring is 1. The van der Waals surface area contributed by atoms with Gasteiger partial charge in [-0.1, -0.05) is 28.5 Å². The van der Waals surface area contributed by atoms with E-state index in [0.29, 0.717) is 39.2 Å². The van der Waals surface area contributed by atoms with Crippen LogP contribution in [0, 0.1) is 5.82 Å². The summed E-state index contributed by atoms with van der Waals surface area (Å²) < 4.78 is 25.1. The van der Waals surface area contributed by atoms with Crippen molar-refractivity contribution in [3.8, 4) is 17.1 Å². The second-order valence-electron chi connectivity index (χ2n) is 5.82. The molecule has 2 heterocycles. The van der Waals surface area contributed by atoms with Crippen molar-refractivity contribution in [2.45, 2.75) is 17.5 Å². The minimum absolute atomic E-state index is 0.0942. The van der Waals surface area contributed by atoms with Crippen LogP contribution in [0.25, 0.3) is 11.4 Å². The van der Waals surface area contributed by atoms with Crippen molar-refractivity contribution in [2.24, 2.45) is 0 Å². The first kappa shape index (κ1) is 19.2. The fourth-order valence-electron chi connectivity index (χ4n) is 2.34. The fourth-order valence-corrected chi connectivity index (χ4v) is 3.18. The molecule has 11 heteroatoms. The Hall–Kier alpha value is -3.11. The molecule has 4 aromatic rings. The van der Waals surface area contributed by atoms with Gasteiger partial charge in [-0.15, -0.1) is 10.2 Å². The number of hydrogen-bond acceptors (Lipinski definition) is 8. The van der Waals surface area contributed by atoms with Crippen LogP contribution in [0.1, 0.15) is 11.7 Å². The molecule has 0 saturated heterocycles. The molecule has 148 valence electrons. The summed E-state index contributed by atoms with van der Waals surface area (Å²) >= 11 is 7.18. The molecular formula is C18H14ClFN6O2S. The third-order valence-corrected chi connectivity index (χ3v) is 4.99. The van der Waals surface area contributed by atoms with E-state index in [1.165, 1.54) is 40.7 Å². The summed E-state index contributed by atoms with van der Waals surface area (Å²) in [6, 6.07) is 12.8.